The van der Waals surface area contributed by atoms with E-state index in [9.17, 15) is 14.4 Å². The highest BCUT2D eigenvalue weighted by Crippen LogP contribution is 2.39. The molecule has 1 saturated heterocycles. The molecule has 1 unspecified atom stereocenters. The lowest BCUT2D eigenvalue weighted by Crippen LogP contribution is -2.24. The summed E-state index contributed by atoms with van der Waals surface area (Å²) in [4.78, 5) is 35.2. The Morgan fingerprint density at radius 1 is 1.43 bits per heavy atom. The van der Waals surface area contributed by atoms with Gasteiger partial charge in [0.05, 0.1) is 6.10 Å². The molecule has 5 nitrogen and oxygen atoms in total. The fourth-order valence-electron chi connectivity index (χ4n) is 3.02. The van der Waals surface area contributed by atoms with Crippen LogP contribution in [-0.4, -0.2) is 36.9 Å². The number of esters is 1. The van der Waals surface area contributed by atoms with E-state index in [2.05, 4.69) is 6.58 Å². The molecule has 3 atom stereocenters. The van der Waals surface area contributed by atoms with Crippen LogP contribution in [0.15, 0.2) is 23.3 Å². The molecule has 1 aliphatic carbocycles. The van der Waals surface area contributed by atoms with Crippen LogP contribution in [0, 0.1) is 5.92 Å². The number of ketones is 2. The number of cyclic esters (lactones) is 1. The van der Waals surface area contributed by atoms with E-state index >= 15 is 0 Å². The first-order chi connectivity index (χ1) is 9.86. The maximum Gasteiger partial charge on any atom is 0.334 e. The maximum atomic E-state index is 12.2. The van der Waals surface area contributed by atoms with Crippen molar-refractivity contribution >= 4 is 17.5 Å². The maximum absolute atomic E-state index is 12.2. The molecule has 0 aromatic rings. The van der Waals surface area contributed by atoms with Crippen LogP contribution in [0.4, 0.5) is 0 Å². The summed E-state index contributed by atoms with van der Waals surface area (Å²) < 4.78 is 10.6. The van der Waals surface area contributed by atoms with Crippen LogP contribution in [0.3, 0.4) is 0 Å². The first-order valence-corrected chi connectivity index (χ1v) is 7.02. The van der Waals surface area contributed by atoms with Gasteiger partial charge in [-0.1, -0.05) is 6.58 Å². The minimum atomic E-state index is -0.628. The van der Waals surface area contributed by atoms with Gasteiger partial charge in [-0.25, -0.2) is 4.79 Å². The zero-order valence-corrected chi connectivity index (χ0v) is 12.6. The Morgan fingerprint density at radius 2 is 2.10 bits per heavy atom. The molecule has 2 rings (SSSR count). The summed E-state index contributed by atoms with van der Waals surface area (Å²) >= 11 is 0. The summed E-state index contributed by atoms with van der Waals surface area (Å²) in [6.07, 6.45) is 0.195. The van der Waals surface area contributed by atoms with Crippen molar-refractivity contribution in [3.8, 4) is 0 Å². The van der Waals surface area contributed by atoms with Gasteiger partial charge in [0.1, 0.15) is 11.9 Å². The van der Waals surface area contributed by atoms with E-state index in [1.165, 1.54) is 6.92 Å². The van der Waals surface area contributed by atoms with Crippen LogP contribution in [0.5, 0.6) is 0 Å². The van der Waals surface area contributed by atoms with Crippen LogP contribution in [0.2, 0.25) is 0 Å². The third kappa shape index (κ3) is 2.83. The number of Topliss-reactive ketones (excluding diaryl/α,β-unsaturated/α-hetero) is 2. The van der Waals surface area contributed by atoms with Crippen LogP contribution in [0.25, 0.3) is 0 Å². The Bertz CT molecular complexity index is 543. The van der Waals surface area contributed by atoms with Gasteiger partial charge >= 0.3 is 5.97 Å². The summed E-state index contributed by atoms with van der Waals surface area (Å²) in [6.45, 7) is 7.08. The average Bonchev–Trinajstić information content (AvgIpc) is 2.85. The topological polar surface area (TPSA) is 69.7 Å². The smallest absolute Gasteiger partial charge is 0.334 e. The fraction of sp³-hybridized carbons (Fsp3) is 0.562. The Labute approximate surface area is 124 Å². The number of carbonyl (C=O) groups is 3. The molecule has 5 heteroatoms. The Morgan fingerprint density at radius 3 is 2.62 bits per heavy atom. The first kappa shape index (κ1) is 15.6. The third-order valence-corrected chi connectivity index (χ3v) is 4.26. The summed E-state index contributed by atoms with van der Waals surface area (Å²) in [7, 11) is 1.55. The molecular formula is C16H20O5. The second kappa shape index (κ2) is 5.93. The molecule has 1 fully saturated rings. The molecule has 1 aliphatic heterocycles. The molecular weight excluding hydrogens is 272 g/mol. The largest absolute Gasteiger partial charge is 0.453 e. The number of methoxy groups -OCH3 is 1. The lowest BCUT2D eigenvalue weighted by atomic mass is 9.86. The molecule has 21 heavy (non-hydrogen) atoms. The SMILES string of the molecule is C=C1C(=O)O[C@H](C2=C(C)C(OC)CC2=O)[C@@H]1CCC(C)=O. The summed E-state index contributed by atoms with van der Waals surface area (Å²) in [5.74, 6) is -0.813. The lowest BCUT2D eigenvalue weighted by molar-refractivity contribution is -0.138. The molecule has 0 N–H and O–H groups in total. The Hall–Kier alpha value is -1.75. The minimum absolute atomic E-state index is 0.0408. The minimum Gasteiger partial charge on any atom is -0.453 e. The van der Waals surface area contributed by atoms with Gasteiger partial charge in [0.25, 0.3) is 0 Å². The van der Waals surface area contributed by atoms with E-state index in [0.717, 1.165) is 5.57 Å². The van der Waals surface area contributed by atoms with E-state index in [1.54, 1.807) is 7.11 Å². The van der Waals surface area contributed by atoms with Gasteiger partial charge in [-0.3, -0.25) is 4.79 Å². The van der Waals surface area contributed by atoms with Crippen molar-refractivity contribution in [1.82, 2.24) is 0 Å². The molecule has 0 spiro atoms. The quantitative estimate of drug-likeness (QED) is 0.570. The Balaban J connectivity index is 2.30. The van der Waals surface area contributed by atoms with Crippen LogP contribution in [0.1, 0.15) is 33.1 Å². The van der Waals surface area contributed by atoms with E-state index in [1.807, 2.05) is 6.92 Å². The van der Waals surface area contributed by atoms with Crippen LogP contribution in [-0.2, 0) is 23.9 Å². The second-order valence-electron chi connectivity index (χ2n) is 5.65. The number of carbonyl (C=O) groups excluding carboxylic acids is 3. The summed E-state index contributed by atoms with van der Waals surface area (Å²) in [5.41, 5.74) is 1.67. The number of rotatable bonds is 5. The van der Waals surface area contributed by atoms with Gasteiger partial charge < -0.3 is 14.3 Å². The predicted molar refractivity (Wildman–Crippen MR) is 75.5 cm³/mol. The van der Waals surface area contributed by atoms with Gasteiger partial charge in [-0.15, -0.1) is 0 Å². The first-order valence-electron chi connectivity index (χ1n) is 7.02. The molecule has 114 valence electrons. The molecule has 0 aromatic heterocycles. The third-order valence-electron chi connectivity index (χ3n) is 4.26. The highest BCUT2D eigenvalue weighted by atomic mass is 16.6. The van der Waals surface area contributed by atoms with E-state index in [-0.39, 0.29) is 30.0 Å². The molecule has 0 bridgehead atoms. The Kier molecular flexibility index (Phi) is 4.42. The molecule has 1 heterocycles. The normalized spacial score (nSPS) is 29.3. The monoisotopic (exact) mass is 292 g/mol. The van der Waals surface area contributed by atoms with Crippen LogP contribution < -0.4 is 0 Å². The highest BCUT2D eigenvalue weighted by Gasteiger charge is 2.46. The summed E-state index contributed by atoms with van der Waals surface area (Å²) in [6, 6.07) is 0. The van der Waals surface area contributed by atoms with Gasteiger partial charge in [-0.05, 0) is 25.8 Å². The summed E-state index contributed by atoms with van der Waals surface area (Å²) in [5, 5.41) is 0. The molecule has 0 radical (unpaired) electrons. The van der Waals surface area contributed by atoms with Crippen molar-refractivity contribution < 1.29 is 23.9 Å². The van der Waals surface area contributed by atoms with Crippen molar-refractivity contribution in [2.24, 2.45) is 5.92 Å². The average molecular weight is 292 g/mol. The zero-order valence-electron chi connectivity index (χ0n) is 12.6. The van der Waals surface area contributed by atoms with Gasteiger partial charge in [0.2, 0.25) is 0 Å². The lowest BCUT2D eigenvalue weighted by Gasteiger charge is -2.19. The standard InChI is InChI=1S/C16H20O5/c1-8(17)5-6-11-9(2)16(19)21-15(11)14-10(3)13(20-4)7-12(14)18/h11,13,15H,2,5-7H2,1,3-4H3/t11-,13?,15+/m1/s1. The molecule has 0 amide bonds. The van der Waals surface area contributed by atoms with E-state index < -0.39 is 12.1 Å². The number of hydrogen-bond donors (Lipinski definition) is 0. The highest BCUT2D eigenvalue weighted by molar-refractivity contribution is 6.02. The van der Waals surface area contributed by atoms with Crippen molar-refractivity contribution in [2.75, 3.05) is 7.11 Å². The predicted octanol–water partition coefficient (Wildman–Crippen LogP) is 1.76. The zero-order chi connectivity index (χ0) is 15.7. The van der Waals surface area contributed by atoms with Crippen molar-refractivity contribution in [3.05, 3.63) is 23.3 Å². The molecule has 2 aliphatic rings. The fourth-order valence-corrected chi connectivity index (χ4v) is 3.02. The second-order valence-corrected chi connectivity index (χ2v) is 5.65. The van der Waals surface area contributed by atoms with Gasteiger partial charge in [-0.2, -0.15) is 0 Å². The van der Waals surface area contributed by atoms with Gasteiger partial charge in [0.15, 0.2) is 5.78 Å². The number of ether oxygens (including phenoxy) is 2. The van der Waals surface area contributed by atoms with E-state index in [4.69, 9.17) is 9.47 Å². The van der Waals surface area contributed by atoms with Crippen molar-refractivity contribution in [2.45, 2.75) is 45.3 Å². The van der Waals surface area contributed by atoms with Crippen molar-refractivity contribution in [1.29, 1.82) is 0 Å². The van der Waals surface area contributed by atoms with Crippen molar-refractivity contribution in [3.63, 3.8) is 0 Å². The van der Waals surface area contributed by atoms with Gasteiger partial charge in [0, 0.05) is 37.0 Å². The number of hydrogen-bond acceptors (Lipinski definition) is 5. The molecule has 0 saturated carbocycles. The van der Waals surface area contributed by atoms with E-state index in [0.29, 0.717) is 24.0 Å². The van der Waals surface area contributed by atoms with Crippen LogP contribution >= 0.6 is 0 Å². The molecule has 0 aromatic carbocycles.